The van der Waals surface area contributed by atoms with Crippen molar-refractivity contribution < 1.29 is 4.52 Å². The van der Waals surface area contributed by atoms with Gasteiger partial charge in [0.05, 0.1) is 17.2 Å². The number of nitrogens with one attached hydrogen (secondary N) is 1. The Bertz CT molecular complexity index is 980. The number of aliphatic imine (C=N–C) groups is 1. The molecule has 138 valence electrons. The minimum absolute atomic E-state index is 0.220. The molecule has 0 atom stereocenters. The quantitative estimate of drug-likeness (QED) is 0.577. The van der Waals surface area contributed by atoms with E-state index in [4.69, 9.17) is 16.0 Å². The maximum Gasteiger partial charge on any atom is 0.261 e. The lowest BCUT2D eigenvalue weighted by Crippen LogP contribution is -2.20. The van der Waals surface area contributed by atoms with Gasteiger partial charge in [-0.15, -0.1) is 0 Å². The molecule has 5 N–H and O–H groups in total. The lowest BCUT2D eigenvalue weighted by Gasteiger charge is -2.21. The zero-order valence-electron chi connectivity index (χ0n) is 15.2. The second-order valence-electron chi connectivity index (χ2n) is 6.48. The van der Waals surface area contributed by atoms with Gasteiger partial charge in [-0.1, -0.05) is 36.0 Å². The summed E-state index contributed by atoms with van der Waals surface area (Å²) in [5.41, 5.74) is 14.1. The number of nitrogens with two attached hydrogens (primary N) is 2. The van der Waals surface area contributed by atoms with Gasteiger partial charge in [-0.3, -0.25) is 5.10 Å². The number of allylic oxidation sites excluding steroid dienone is 1. The van der Waals surface area contributed by atoms with Crippen molar-refractivity contribution in [3.63, 3.8) is 0 Å². The molecule has 0 amide bonds. The Morgan fingerprint density at radius 3 is 2.63 bits per heavy atom. The summed E-state index contributed by atoms with van der Waals surface area (Å²) in [6, 6.07) is 7.91. The number of hydrogen-bond donors (Lipinski definition) is 3. The fourth-order valence-electron chi connectivity index (χ4n) is 2.54. The molecule has 2 heterocycles. The maximum atomic E-state index is 5.69. The van der Waals surface area contributed by atoms with Crippen LogP contribution < -0.4 is 11.5 Å². The molecule has 8 heteroatoms. The van der Waals surface area contributed by atoms with Crippen LogP contribution in [0.2, 0.25) is 0 Å². The average Bonchev–Trinajstić information content (AvgIpc) is 3.34. The summed E-state index contributed by atoms with van der Waals surface area (Å²) >= 11 is 0. The van der Waals surface area contributed by atoms with Gasteiger partial charge >= 0.3 is 0 Å². The molecule has 0 aliphatic carbocycles. The van der Waals surface area contributed by atoms with E-state index in [1.54, 1.807) is 18.6 Å². The van der Waals surface area contributed by atoms with Crippen LogP contribution in [0.1, 0.15) is 30.8 Å². The zero-order valence-corrected chi connectivity index (χ0v) is 15.2. The normalized spacial score (nSPS) is 12.6. The van der Waals surface area contributed by atoms with Crippen LogP contribution in [0.4, 0.5) is 0 Å². The summed E-state index contributed by atoms with van der Waals surface area (Å²) in [6.45, 7) is 7.61. The van der Waals surface area contributed by atoms with E-state index in [1.807, 2.05) is 38.1 Å². The smallest absolute Gasteiger partial charge is 0.261 e. The van der Waals surface area contributed by atoms with E-state index in [0.29, 0.717) is 11.7 Å². The summed E-state index contributed by atoms with van der Waals surface area (Å²) in [4.78, 5) is 8.50. The molecule has 0 saturated carbocycles. The van der Waals surface area contributed by atoms with Crippen molar-refractivity contribution in [2.24, 2.45) is 16.5 Å². The predicted molar refractivity (Wildman–Crippen MR) is 104 cm³/mol. The summed E-state index contributed by atoms with van der Waals surface area (Å²) in [7, 11) is 0. The fraction of sp³-hybridized carbons (Fsp3) is 0.158. The highest BCUT2D eigenvalue weighted by molar-refractivity contribution is 6.09. The van der Waals surface area contributed by atoms with Crippen molar-refractivity contribution in [1.29, 1.82) is 0 Å². The van der Waals surface area contributed by atoms with Crippen LogP contribution in [-0.2, 0) is 5.41 Å². The second-order valence-corrected chi connectivity index (χ2v) is 6.48. The van der Waals surface area contributed by atoms with Gasteiger partial charge in [0, 0.05) is 24.2 Å². The summed E-state index contributed by atoms with van der Waals surface area (Å²) in [6.07, 6.45) is 6.40. The minimum atomic E-state index is -0.448. The van der Waals surface area contributed by atoms with Gasteiger partial charge in [0.15, 0.2) is 5.82 Å². The predicted octanol–water partition coefficient (Wildman–Crippen LogP) is 2.59. The highest BCUT2D eigenvalue weighted by Crippen LogP contribution is 2.31. The lowest BCUT2D eigenvalue weighted by molar-refractivity contribution is 0.408. The fourth-order valence-corrected chi connectivity index (χ4v) is 2.54. The molecule has 0 unspecified atom stereocenters. The van der Waals surface area contributed by atoms with Crippen LogP contribution in [0.25, 0.3) is 17.0 Å². The Morgan fingerprint density at radius 2 is 2.04 bits per heavy atom. The highest BCUT2D eigenvalue weighted by Gasteiger charge is 2.29. The summed E-state index contributed by atoms with van der Waals surface area (Å²) in [5, 5.41) is 10.8. The monoisotopic (exact) mass is 363 g/mol. The molecule has 0 radical (unpaired) electrons. The van der Waals surface area contributed by atoms with Gasteiger partial charge in [-0.2, -0.15) is 10.1 Å². The van der Waals surface area contributed by atoms with Gasteiger partial charge in [0.25, 0.3) is 5.89 Å². The molecule has 0 aliphatic rings. The van der Waals surface area contributed by atoms with E-state index in [2.05, 4.69) is 31.9 Å². The van der Waals surface area contributed by atoms with Gasteiger partial charge in [0.2, 0.25) is 0 Å². The molecule has 3 aromatic rings. The second kappa shape index (κ2) is 7.28. The molecule has 2 aromatic heterocycles. The Hall–Kier alpha value is -3.68. The molecule has 1 aromatic carbocycles. The first-order valence-electron chi connectivity index (χ1n) is 8.26. The number of aromatic amines is 1. The number of H-pyrrole nitrogens is 1. The van der Waals surface area contributed by atoms with Crippen LogP contribution in [0.5, 0.6) is 0 Å². The standard InChI is InChI=1S/C19H21N7O/c1-12(21)22-9-14(8-20)13-4-6-16(7-5-13)19(2,3)18-25-17(27-26-18)15-10-23-24-11-15/h4-11H,1,20-21H2,2-3H3,(H,23,24)/b14-8+,22-9-. The molecular formula is C19H21N7O. The van der Waals surface area contributed by atoms with Crippen LogP contribution in [-0.4, -0.2) is 26.6 Å². The first-order valence-corrected chi connectivity index (χ1v) is 8.26. The molecule has 0 saturated heterocycles. The summed E-state index contributed by atoms with van der Waals surface area (Å²) in [5.74, 6) is 1.23. The Balaban J connectivity index is 1.86. The van der Waals surface area contributed by atoms with Gasteiger partial charge in [0.1, 0.15) is 5.82 Å². The van der Waals surface area contributed by atoms with Crippen molar-refractivity contribution in [3.8, 4) is 11.5 Å². The highest BCUT2D eigenvalue weighted by atomic mass is 16.5. The molecule has 0 aliphatic heterocycles. The molecule has 0 spiro atoms. The third-order valence-corrected chi connectivity index (χ3v) is 4.22. The van der Waals surface area contributed by atoms with E-state index < -0.39 is 5.41 Å². The number of benzene rings is 1. The lowest BCUT2D eigenvalue weighted by atomic mass is 9.83. The average molecular weight is 363 g/mol. The van der Waals surface area contributed by atoms with Gasteiger partial charge < -0.3 is 16.0 Å². The van der Waals surface area contributed by atoms with Crippen molar-refractivity contribution >= 4 is 11.8 Å². The Morgan fingerprint density at radius 1 is 1.30 bits per heavy atom. The first kappa shape index (κ1) is 18.1. The van der Waals surface area contributed by atoms with E-state index >= 15 is 0 Å². The van der Waals surface area contributed by atoms with Gasteiger partial charge in [-0.25, -0.2) is 4.99 Å². The molecular weight excluding hydrogens is 342 g/mol. The first-order chi connectivity index (χ1) is 12.9. The number of hydrogen-bond acceptors (Lipinski definition) is 7. The van der Waals surface area contributed by atoms with Crippen LogP contribution in [0.3, 0.4) is 0 Å². The SMILES string of the molecule is C=C(N)/N=C\C(=C/N)c1ccc(C(C)(C)c2noc(-c3cn[nH]c3)n2)cc1. The van der Waals surface area contributed by atoms with Crippen LogP contribution in [0.15, 0.2) is 64.8 Å². The van der Waals surface area contributed by atoms with Crippen LogP contribution in [0, 0.1) is 0 Å². The number of rotatable bonds is 6. The molecule has 3 rings (SSSR count). The minimum Gasteiger partial charge on any atom is -0.404 e. The number of aromatic nitrogens is 4. The van der Waals surface area contributed by atoms with Crippen molar-refractivity contribution in [2.45, 2.75) is 19.3 Å². The maximum absolute atomic E-state index is 5.69. The third kappa shape index (κ3) is 3.79. The van der Waals surface area contributed by atoms with E-state index in [-0.39, 0.29) is 5.82 Å². The van der Waals surface area contributed by atoms with Crippen molar-refractivity contribution in [1.82, 2.24) is 20.3 Å². The van der Waals surface area contributed by atoms with Crippen LogP contribution >= 0.6 is 0 Å². The molecule has 0 bridgehead atoms. The molecule has 8 nitrogen and oxygen atoms in total. The van der Waals surface area contributed by atoms with E-state index in [0.717, 1.165) is 22.3 Å². The Kier molecular flexibility index (Phi) is 4.89. The third-order valence-electron chi connectivity index (χ3n) is 4.22. The van der Waals surface area contributed by atoms with Gasteiger partial charge in [-0.05, 0) is 25.0 Å². The largest absolute Gasteiger partial charge is 0.404 e. The van der Waals surface area contributed by atoms with E-state index in [1.165, 1.54) is 6.20 Å². The van der Waals surface area contributed by atoms with E-state index in [9.17, 15) is 0 Å². The zero-order chi connectivity index (χ0) is 19.4. The van der Waals surface area contributed by atoms with Crippen molar-refractivity contribution in [2.75, 3.05) is 0 Å². The molecule has 0 fully saturated rings. The van der Waals surface area contributed by atoms with Crippen molar-refractivity contribution in [3.05, 3.63) is 72.2 Å². The molecule has 27 heavy (non-hydrogen) atoms. The topological polar surface area (TPSA) is 132 Å². The Labute approximate surface area is 156 Å². The number of nitrogens with zero attached hydrogens (tertiary/aromatic N) is 4. The summed E-state index contributed by atoms with van der Waals surface area (Å²) < 4.78 is 5.37.